The second kappa shape index (κ2) is 5.78. The van der Waals surface area contributed by atoms with Gasteiger partial charge in [0.15, 0.2) is 0 Å². The Hall–Kier alpha value is -2.39. The Kier molecular flexibility index (Phi) is 3.49. The van der Waals surface area contributed by atoms with Gasteiger partial charge in [-0.25, -0.2) is 4.98 Å². The van der Waals surface area contributed by atoms with Crippen LogP contribution in [-0.4, -0.2) is 9.97 Å². The third-order valence-electron chi connectivity index (χ3n) is 3.95. The van der Waals surface area contributed by atoms with Gasteiger partial charge in [-0.3, -0.25) is 0 Å². The first-order valence-corrected chi connectivity index (χ1v) is 8.31. The predicted octanol–water partition coefficient (Wildman–Crippen LogP) is 5.08. The van der Waals surface area contributed by atoms with Gasteiger partial charge in [0.25, 0.3) is 0 Å². The zero-order valence-corrected chi connectivity index (χ0v) is 12.9. The number of aromatic nitrogens is 2. The molecule has 0 aliphatic heterocycles. The van der Waals surface area contributed by atoms with Gasteiger partial charge >= 0.3 is 0 Å². The Balaban J connectivity index is 1.46. The fraction of sp³-hybridized carbons (Fsp3) is 0.105. The molecule has 2 aromatic heterocycles. The number of hydrogen-bond acceptors (Lipinski definition) is 2. The smallest absolute Gasteiger partial charge is 0.0931 e. The van der Waals surface area contributed by atoms with Crippen molar-refractivity contribution in [3.05, 3.63) is 77.4 Å². The largest absolute Gasteiger partial charge is 0.345 e. The Morgan fingerprint density at radius 1 is 0.909 bits per heavy atom. The lowest BCUT2D eigenvalue weighted by molar-refractivity contribution is 0.962. The van der Waals surface area contributed by atoms with E-state index in [4.69, 9.17) is 0 Å². The van der Waals surface area contributed by atoms with Crippen LogP contribution in [0, 0.1) is 0 Å². The molecule has 0 atom stereocenters. The van der Waals surface area contributed by atoms with Gasteiger partial charge in [-0.2, -0.15) is 0 Å². The van der Waals surface area contributed by atoms with Crippen LogP contribution in [0.3, 0.4) is 0 Å². The van der Waals surface area contributed by atoms with Crippen molar-refractivity contribution < 1.29 is 0 Å². The molecule has 2 aromatic carbocycles. The summed E-state index contributed by atoms with van der Waals surface area (Å²) in [6, 6.07) is 19.6. The summed E-state index contributed by atoms with van der Waals surface area (Å²) in [6.45, 7) is 0. The Morgan fingerprint density at radius 3 is 2.55 bits per heavy atom. The van der Waals surface area contributed by atoms with E-state index in [0.717, 1.165) is 23.9 Å². The molecule has 1 N–H and O–H groups in total. The molecule has 2 nitrogen and oxygen atoms in total. The van der Waals surface area contributed by atoms with E-state index in [2.05, 4.69) is 69.9 Å². The maximum Gasteiger partial charge on any atom is 0.0931 e. The quantitative estimate of drug-likeness (QED) is 0.560. The van der Waals surface area contributed by atoms with Crippen LogP contribution >= 0.6 is 11.3 Å². The zero-order valence-electron chi connectivity index (χ0n) is 12.1. The van der Waals surface area contributed by atoms with Crippen molar-refractivity contribution in [1.29, 1.82) is 0 Å². The maximum absolute atomic E-state index is 4.26. The van der Waals surface area contributed by atoms with Crippen LogP contribution in [0.1, 0.15) is 11.1 Å². The van der Waals surface area contributed by atoms with Crippen LogP contribution in [0.5, 0.6) is 0 Å². The molecule has 2 heterocycles. The lowest BCUT2D eigenvalue weighted by atomic mass is 10.0. The van der Waals surface area contributed by atoms with Crippen LogP contribution in [-0.2, 0) is 12.8 Å². The molecule has 0 aliphatic carbocycles. The fourth-order valence-corrected chi connectivity index (χ4v) is 3.44. The summed E-state index contributed by atoms with van der Waals surface area (Å²) in [7, 11) is 0. The highest BCUT2D eigenvalue weighted by atomic mass is 32.1. The van der Waals surface area contributed by atoms with Gasteiger partial charge in [0.2, 0.25) is 0 Å². The number of imidazole rings is 1. The average molecular weight is 304 g/mol. The zero-order chi connectivity index (χ0) is 14.8. The highest BCUT2D eigenvalue weighted by Crippen LogP contribution is 2.25. The number of fused-ring (bicyclic) bond motifs is 1. The van der Waals surface area contributed by atoms with E-state index in [1.807, 2.05) is 0 Å². The lowest BCUT2D eigenvalue weighted by Gasteiger charge is -2.04. The first kappa shape index (κ1) is 13.3. The van der Waals surface area contributed by atoms with E-state index in [0.29, 0.717) is 0 Å². The van der Waals surface area contributed by atoms with Gasteiger partial charge in [0.05, 0.1) is 17.4 Å². The third kappa shape index (κ3) is 2.68. The summed E-state index contributed by atoms with van der Waals surface area (Å²) in [5, 5.41) is 2.12. The summed E-state index contributed by atoms with van der Waals surface area (Å²) in [5.41, 5.74) is 6.18. The summed E-state index contributed by atoms with van der Waals surface area (Å²) in [4.78, 5) is 8.76. The van der Waals surface area contributed by atoms with Gasteiger partial charge in [0.1, 0.15) is 0 Å². The minimum atomic E-state index is 1.03. The minimum absolute atomic E-state index is 1.03. The van der Waals surface area contributed by atoms with E-state index in [1.54, 1.807) is 17.7 Å². The summed E-state index contributed by atoms with van der Waals surface area (Å²) in [5.74, 6) is 0. The highest BCUT2D eigenvalue weighted by molar-refractivity contribution is 7.13. The van der Waals surface area contributed by atoms with Crippen molar-refractivity contribution in [3.8, 4) is 10.4 Å². The molecule has 0 radical (unpaired) electrons. The number of nitrogens with zero attached hydrogens (tertiary/aromatic N) is 1. The Bertz CT molecular complexity index is 873. The van der Waals surface area contributed by atoms with Crippen molar-refractivity contribution in [2.24, 2.45) is 0 Å². The van der Waals surface area contributed by atoms with Crippen molar-refractivity contribution >= 4 is 22.4 Å². The molecule has 0 bridgehead atoms. The second-order valence-electron chi connectivity index (χ2n) is 5.43. The molecule has 4 aromatic rings. The highest BCUT2D eigenvalue weighted by Gasteiger charge is 2.01. The molecular weight excluding hydrogens is 288 g/mol. The Morgan fingerprint density at radius 2 is 1.73 bits per heavy atom. The summed E-state index contributed by atoms with van der Waals surface area (Å²) in [6.07, 6.45) is 3.86. The van der Waals surface area contributed by atoms with Crippen LogP contribution in [0.2, 0.25) is 0 Å². The number of benzene rings is 2. The van der Waals surface area contributed by atoms with E-state index >= 15 is 0 Å². The van der Waals surface area contributed by atoms with Crippen molar-refractivity contribution in [1.82, 2.24) is 9.97 Å². The van der Waals surface area contributed by atoms with E-state index in [-0.39, 0.29) is 0 Å². The maximum atomic E-state index is 4.26. The average Bonchev–Trinajstić information content (AvgIpc) is 3.24. The van der Waals surface area contributed by atoms with Gasteiger partial charge in [0, 0.05) is 4.88 Å². The molecule has 0 unspecified atom stereocenters. The van der Waals surface area contributed by atoms with Crippen molar-refractivity contribution in [2.75, 3.05) is 0 Å². The van der Waals surface area contributed by atoms with E-state index in [1.165, 1.54) is 21.6 Å². The molecule has 22 heavy (non-hydrogen) atoms. The van der Waals surface area contributed by atoms with Crippen LogP contribution < -0.4 is 0 Å². The molecular formula is C19H16N2S. The van der Waals surface area contributed by atoms with Gasteiger partial charge in [-0.15, -0.1) is 11.3 Å². The predicted molar refractivity (Wildman–Crippen MR) is 93.3 cm³/mol. The normalized spacial score (nSPS) is 11.1. The standard InChI is InChI=1S/C19H16N2S/c1-2-19(22-11-1)16-8-5-14(6-9-16)3-4-15-7-10-17-18(12-15)21-13-20-17/h1-2,5-13H,3-4H2,(H,20,21). The molecule has 4 rings (SSSR count). The minimum Gasteiger partial charge on any atom is -0.345 e. The SMILES string of the molecule is c1csc(-c2ccc(CCc3ccc4nc[nH]c4c3)cc2)c1. The van der Waals surface area contributed by atoms with Crippen LogP contribution in [0.25, 0.3) is 21.5 Å². The molecule has 0 saturated carbocycles. The molecule has 0 saturated heterocycles. The van der Waals surface area contributed by atoms with Crippen LogP contribution in [0.15, 0.2) is 66.3 Å². The molecule has 0 aliphatic rings. The first-order valence-electron chi connectivity index (χ1n) is 7.43. The number of H-pyrrole nitrogens is 1. The van der Waals surface area contributed by atoms with Crippen LogP contribution in [0.4, 0.5) is 0 Å². The van der Waals surface area contributed by atoms with Crippen molar-refractivity contribution in [3.63, 3.8) is 0 Å². The fourth-order valence-electron chi connectivity index (χ4n) is 2.71. The molecule has 0 amide bonds. The van der Waals surface area contributed by atoms with Gasteiger partial charge < -0.3 is 4.98 Å². The number of aromatic amines is 1. The van der Waals surface area contributed by atoms with Crippen molar-refractivity contribution in [2.45, 2.75) is 12.8 Å². The summed E-state index contributed by atoms with van der Waals surface area (Å²) < 4.78 is 0. The molecule has 0 spiro atoms. The van der Waals surface area contributed by atoms with E-state index in [9.17, 15) is 0 Å². The van der Waals surface area contributed by atoms with Gasteiger partial charge in [-0.1, -0.05) is 36.4 Å². The number of hydrogen-bond donors (Lipinski definition) is 1. The van der Waals surface area contributed by atoms with Gasteiger partial charge in [-0.05, 0) is 53.1 Å². The number of rotatable bonds is 4. The number of thiophene rings is 1. The summed E-state index contributed by atoms with van der Waals surface area (Å²) >= 11 is 1.78. The lowest BCUT2D eigenvalue weighted by Crippen LogP contribution is -1.91. The number of nitrogens with one attached hydrogen (secondary N) is 1. The third-order valence-corrected chi connectivity index (χ3v) is 4.87. The first-order chi connectivity index (χ1) is 10.9. The van der Waals surface area contributed by atoms with E-state index < -0.39 is 0 Å². The topological polar surface area (TPSA) is 28.7 Å². The number of aryl methyl sites for hydroxylation is 2. The molecule has 108 valence electrons. The monoisotopic (exact) mass is 304 g/mol. The second-order valence-corrected chi connectivity index (χ2v) is 6.38. The Labute approximate surface area is 133 Å². The molecule has 0 fully saturated rings. The molecule has 3 heteroatoms.